The van der Waals surface area contributed by atoms with Gasteiger partial charge in [0, 0.05) is 29.4 Å². The molecule has 0 radical (unpaired) electrons. The molecule has 0 unspecified atom stereocenters. The van der Waals surface area contributed by atoms with Crippen molar-refractivity contribution in [3.8, 4) is 0 Å². The first-order chi connectivity index (χ1) is 11.1. The van der Waals surface area contributed by atoms with Crippen LogP contribution >= 0.6 is 23.2 Å². The van der Waals surface area contributed by atoms with Gasteiger partial charge in [0.1, 0.15) is 5.84 Å². The van der Waals surface area contributed by atoms with Gasteiger partial charge in [-0.1, -0.05) is 23.2 Å². The van der Waals surface area contributed by atoms with E-state index in [0.29, 0.717) is 21.3 Å². The van der Waals surface area contributed by atoms with Crippen molar-refractivity contribution >= 4 is 40.6 Å². The Morgan fingerprint density at radius 2 is 1.91 bits per heavy atom. The SMILES string of the molecule is O=C(Nc1ccc(C2=NCCCN2)cc1)c1ccc(Cl)cc1Cl. The van der Waals surface area contributed by atoms with Crippen molar-refractivity contribution < 1.29 is 4.79 Å². The maximum Gasteiger partial charge on any atom is 0.257 e. The number of rotatable bonds is 3. The summed E-state index contributed by atoms with van der Waals surface area (Å²) in [6, 6.07) is 12.3. The van der Waals surface area contributed by atoms with E-state index in [4.69, 9.17) is 23.2 Å². The lowest BCUT2D eigenvalue weighted by Gasteiger charge is -2.15. The van der Waals surface area contributed by atoms with Gasteiger partial charge in [0.05, 0.1) is 10.6 Å². The van der Waals surface area contributed by atoms with Gasteiger partial charge < -0.3 is 10.6 Å². The van der Waals surface area contributed by atoms with E-state index < -0.39 is 0 Å². The number of nitrogens with zero attached hydrogens (tertiary/aromatic N) is 1. The van der Waals surface area contributed by atoms with Gasteiger partial charge in [-0.2, -0.15) is 0 Å². The summed E-state index contributed by atoms with van der Waals surface area (Å²) in [4.78, 5) is 16.7. The molecule has 2 aromatic rings. The molecule has 0 atom stereocenters. The molecule has 0 aromatic heterocycles. The first-order valence-corrected chi connectivity index (χ1v) is 8.04. The summed E-state index contributed by atoms with van der Waals surface area (Å²) in [6.45, 7) is 1.78. The molecule has 118 valence electrons. The van der Waals surface area contributed by atoms with Gasteiger partial charge in [-0.25, -0.2) is 0 Å². The molecule has 0 bridgehead atoms. The van der Waals surface area contributed by atoms with Crippen LogP contribution in [0.15, 0.2) is 47.5 Å². The van der Waals surface area contributed by atoms with E-state index in [1.165, 1.54) is 0 Å². The van der Waals surface area contributed by atoms with Crippen LogP contribution in [-0.2, 0) is 0 Å². The minimum atomic E-state index is -0.271. The lowest BCUT2D eigenvalue weighted by Crippen LogP contribution is -2.30. The molecule has 23 heavy (non-hydrogen) atoms. The zero-order valence-corrected chi connectivity index (χ0v) is 13.8. The second-order valence-corrected chi connectivity index (χ2v) is 6.01. The highest BCUT2D eigenvalue weighted by Crippen LogP contribution is 2.22. The van der Waals surface area contributed by atoms with Crippen LogP contribution in [0, 0.1) is 0 Å². The Bertz CT molecular complexity index is 757. The third-order valence-corrected chi connectivity index (χ3v) is 4.04. The summed E-state index contributed by atoms with van der Waals surface area (Å²) < 4.78 is 0. The van der Waals surface area contributed by atoms with Crippen LogP contribution in [0.1, 0.15) is 22.3 Å². The first kappa shape index (κ1) is 15.8. The smallest absolute Gasteiger partial charge is 0.257 e. The molecule has 2 N–H and O–H groups in total. The monoisotopic (exact) mass is 347 g/mol. The average Bonchev–Trinajstić information content (AvgIpc) is 2.56. The summed E-state index contributed by atoms with van der Waals surface area (Å²) in [7, 11) is 0. The topological polar surface area (TPSA) is 53.5 Å². The van der Waals surface area contributed by atoms with Crippen molar-refractivity contribution in [1.29, 1.82) is 0 Å². The van der Waals surface area contributed by atoms with E-state index in [9.17, 15) is 4.79 Å². The van der Waals surface area contributed by atoms with Crippen molar-refractivity contribution in [3.05, 3.63) is 63.6 Å². The molecule has 0 saturated carbocycles. The third-order valence-electron chi connectivity index (χ3n) is 3.49. The summed E-state index contributed by atoms with van der Waals surface area (Å²) in [5.41, 5.74) is 2.09. The summed E-state index contributed by atoms with van der Waals surface area (Å²) in [5.74, 6) is 0.627. The normalized spacial score (nSPS) is 13.9. The number of benzene rings is 2. The van der Waals surface area contributed by atoms with E-state index in [0.717, 1.165) is 30.9 Å². The number of amidine groups is 1. The van der Waals surface area contributed by atoms with Gasteiger partial charge in [0.15, 0.2) is 0 Å². The lowest BCUT2D eigenvalue weighted by atomic mass is 10.1. The highest BCUT2D eigenvalue weighted by atomic mass is 35.5. The van der Waals surface area contributed by atoms with Crippen molar-refractivity contribution in [2.75, 3.05) is 18.4 Å². The van der Waals surface area contributed by atoms with Crippen molar-refractivity contribution in [2.24, 2.45) is 4.99 Å². The van der Waals surface area contributed by atoms with Crippen LogP contribution in [0.5, 0.6) is 0 Å². The number of amides is 1. The minimum absolute atomic E-state index is 0.271. The molecule has 4 nitrogen and oxygen atoms in total. The Hall–Kier alpha value is -2.04. The molecule has 1 heterocycles. The molecule has 1 aliphatic rings. The van der Waals surface area contributed by atoms with Crippen LogP contribution in [0.3, 0.4) is 0 Å². The fourth-order valence-corrected chi connectivity index (χ4v) is 2.80. The van der Waals surface area contributed by atoms with E-state index in [1.807, 2.05) is 24.3 Å². The zero-order valence-electron chi connectivity index (χ0n) is 12.3. The zero-order chi connectivity index (χ0) is 16.2. The molecule has 0 saturated heterocycles. The van der Waals surface area contributed by atoms with Gasteiger partial charge in [-0.3, -0.25) is 9.79 Å². The van der Waals surface area contributed by atoms with Crippen LogP contribution in [0.4, 0.5) is 5.69 Å². The molecule has 1 aliphatic heterocycles. The number of nitrogens with one attached hydrogen (secondary N) is 2. The van der Waals surface area contributed by atoms with E-state index in [1.54, 1.807) is 18.2 Å². The van der Waals surface area contributed by atoms with Crippen LogP contribution in [0.25, 0.3) is 0 Å². The summed E-state index contributed by atoms with van der Waals surface area (Å²) >= 11 is 11.9. The van der Waals surface area contributed by atoms with E-state index >= 15 is 0 Å². The number of hydrogen-bond acceptors (Lipinski definition) is 3. The Morgan fingerprint density at radius 3 is 2.57 bits per heavy atom. The number of aliphatic imine (C=N–C) groups is 1. The maximum absolute atomic E-state index is 12.3. The largest absolute Gasteiger partial charge is 0.370 e. The summed E-state index contributed by atoms with van der Waals surface area (Å²) in [5, 5.41) is 6.91. The predicted octanol–water partition coefficient (Wildman–Crippen LogP) is 3.99. The number of carbonyl (C=O) groups is 1. The third kappa shape index (κ3) is 3.84. The molecule has 3 rings (SSSR count). The Labute approximate surface area is 144 Å². The molecule has 1 amide bonds. The molecule has 6 heteroatoms. The fraction of sp³-hybridized carbons (Fsp3) is 0.176. The van der Waals surface area contributed by atoms with Gasteiger partial charge >= 0.3 is 0 Å². The predicted molar refractivity (Wildman–Crippen MR) is 94.9 cm³/mol. The molecule has 0 fully saturated rings. The Morgan fingerprint density at radius 1 is 1.13 bits per heavy atom. The van der Waals surface area contributed by atoms with Crippen LogP contribution in [-0.4, -0.2) is 24.8 Å². The number of anilines is 1. The number of carbonyl (C=O) groups excluding carboxylic acids is 1. The second-order valence-electron chi connectivity index (χ2n) is 5.17. The number of hydrogen-bond donors (Lipinski definition) is 2. The van der Waals surface area contributed by atoms with Crippen molar-refractivity contribution in [1.82, 2.24) is 5.32 Å². The molecular formula is C17H15Cl2N3O. The first-order valence-electron chi connectivity index (χ1n) is 7.28. The quantitative estimate of drug-likeness (QED) is 0.881. The molecular weight excluding hydrogens is 333 g/mol. The van der Waals surface area contributed by atoms with Crippen molar-refractivity contribution in [3.63, 3.8) is 0 Å². The Kier molecular flexibility index (Phi) is 4.84. The fourth-order valence-electron chi connectivity index (χ4n) is 2.31. The van der Waals surface area contributed by atoms with Gasteiger partial charge in [0.2, 0.25) is 0 Å². The van der Waals surface area contributed by atoms with Gasteiger partial charge in [0.25, 0.3) is 5.91 Å². The van der Waals surface area contributed by atoms with Gasteiger partial charge in [-0.05, 0) is 48.9 Å². The Balaban J connectivity index is 1.72. The lowest BCUT2D eigenvalue weighted by molar-refractivity contribution is 0.102. The minimum Gasteiger partial charge on any atom is -0.370 e. The molecule has 0 spiro atoms. The summed E-state index contributed by atoms with van der Waals surface area (Å²) in [6.07, 6.45) is 1.06. The standard InChI is InChI=1S/C17H15Cl2N3O/c18-12-4-7-14(15(19)10-12)17(23)22-13-5-2-11(3-6-13)16-20-8-1-9-21-16/h2-7,10H,1,8-9H2,(H,20,21)(H,22,23). The van der Waals surface area contributed by atoms with Crippen molar-refractivity contribution in [2.45, 2.75) is 6.42 Å². The van der Waals surface area contributed by atoms with Crippen LogP contribution in [0.2, 0.25) is 10.0 Å². The second kappa shape index (κ2) is 7.02. The molecule has 2 aromatic carbocycles. The van der Waals surface area contributed by atoms with E-state index in [2.05, 4.69) is 15.6 Å². The van der Waals surface area contributed by atoms with Crippen LogP contribution < -0.4 is 10.6 Å². The van der Waals surface area contributed by atoms with E-state index in [-0.39, 0.29) is 5.91 Å². The highest BCUT2D eigenvalue weighted by Gasteiger charge is 2.12. The number of halogens is 2. The highest BCUT2D eigenvalue weighted by molar-refractivity contribution is 6.37. The van der Waals surface area contributed by atoms with Gasteiger partial charge in [-0.15, -0.1) is 0 Å². The molecule has 0 aliphatic carbocycles. The maximum atomic E-state index is 12.3. The average molecular weight is 348 g/mol.